The fourth-order valence-electron chi connectivity index (χ4n) is 2.94. The highest BCUT2D eigenvalue weighted by atomic mass is 32.2. The van der Waals surface area contributed by atoms with Crippen LogP contribution in [-0.2, 0) is 4.79 Å². The average Bonchev–Trinajstić information content (AvgIpc) is 2.61. The van der Waals surface area contributed by atoms with Crippen LogP contribution in [0.3, 0.4) is 0 Å². The molecular weight excluding hydrogens is 306 g/mol. The standard InChI is InChI=1S/C19H21NO2S/c1-13(14-8-4-3-5-9-14)19(21)20-16-12-22-17-11-7-6-10-15(17)18(16)23-2/h3-11,13,16,18H,12H2,1-2H3,(H,20,21)/t13?,16-,18-/m1/s1. The maximum Gasteiger partial charge on any atom is 0.227 e. The number of hydrogen-bond donors (Lipinski definition) is 1. The lowest BCUT2D eigenvalue weighted by atomic mass is 9.98. The van der Waals surface area contributed by atoms with E-state index in [2.05, 4.69) is 17.6 Å². The summed E-state index contributed by atoms with van der Waals surface area (Å²) < 4.78 is 5.83. The van der Waals surface area contributed by atoms with Crippen LogP contribution in [0.2, 0.25) is 0 Å². The monoisotopic (exact) mass is 327 g/mol. The predicted octanol–water partition coefficient (Wildman–Crippen LogP) is 3.77. The summed E-state index contributed by atoms with van der Waals surface area (Å²) in [5.41, 5.74) is 2.19. The molecule has 23 heavy (non-hydrogen) atoms. The van der Waals surface area contributed by atoms with E-state index in [4.69, 9.17) is 4.74 Å². The molecule has 0 saturated carbocycles. The molecule has 1 amide bonds. The molecule has 3 rings (SSSR count). The Morgan fingerprint density at radius 1 is 1.17 bits per heavy atom. The highest BCUT2D eigenvalue weighted by molar-refractivity contribution is 7.98. The van der Waals surface area contributed by atoms with E-state index in [1.54, 1.807) is 11.8 Å². The van der Waals surface area contributed by atoms with E-state index in [0.717, 1.165) is 16.9 Å². The molecule has 0 aromatic heterocycles. The topological polar surface area (TPSA) is 38.3 Å². The Morgan fingerprint density at radius 2 is 1.87 bits per heavy atom. The molecule has 3 atom stereocenters. The quantitative estimate of drug-likeness (QED) is 0.929. The highest BCUT2D eigenvalue weighted by Gasteiger charge is 2.32. The molecule has 1 unspecified atom stereocenters. The lowest BCUT2D eigenvalue weighted by Gasteiger charge is -2.33. The summed E-state index contributed by atoms with van der Waals surface area (Å²) in [5.74, 6) is 0.799. The van der Waals surface area contributed by atoms with Crippen molar-refractivity contribution in [2.24, 2.45) is 0 Å². The molecule has 2 aromatic rings. The molecule has 0 spiro atoms. The molecule has 1 heterocycles. The summed E-state index contributed by atoms with van der Waals surface area (Å²) in [7, 11) is 0. The number of rotatable bonds is 4. The highest BCUT2D eigenvalue weighted by Crippen LogP contribution is 2.39. The van der Waals surface area contributed by atoms with E-state index < -0.39 is 0 Å². The van der Waals surface area contributed by atoms with Crippen LogP contribution in [0.1, 0.15) is 29.2 Å². The summed E-state index contributed by atoms with van der Waals surface area (Å²) >= 11 is 1.75. The lowest BCUT2D eigenvalue weighted by molar-refractivity contribution is -0.123. The van der Waals surface area contributed by atoms with Crippen molar-refractivity contribution in [1.82, 2.24) is 5.32 Å². The van der Waals surface area contributed by atoms with Crippen LogP contribution in [0.25, 0.3) is 0 Å². The molecule has 1 aliphatic rings. The minimum Gasteiger partial charge on any atom is -0.491 e. The minimum atomic E-state index is -0.170. The second-order valence-corrected chi connectivity index (χ2v) is 6.73. The smallest absolute Gasteiger partial charge is 0.227 e. The molecule has 0 radical (unpaired) electrons. The molecule has 3 nitrogen and oxygen atoms in total. The predicted molar refractivity (Wildman–Crippen MR) is 95.0 cm³/mol. The van der Waals surface area contributed by atoms with Gasteiger partial charge in [-0.05, 0) is 24.8 Å². The van der Waals surface area contributed by atoms with Crippen LogP contribution in [0, 0.1) is 0 Å². The normalized spacial score (nSPS) is 21.0. The Morgan fingerprint density at radius 3 is 2.61 bits per heavy atom. The third-order valence-corrected chi connectivity index (χ3v) is 5.37. The van der Waals surface area contributed by atoms with Crippen LogP contribution in [0.15, 0.2) is 54.6 Å². The molecule has 1 aliphatic heterocycles. The second kappa shape index (κ2) is 7.09. The molecule has 0 fully saturated rings. The third kappa shape index (κ3) is 3.37. The number of fused-ring (bicyclic) bond motifs is 1. The summed E-state index contributed by atoms with van der Waals surface area (Å²) in [6, 6.07) is 17.9. The molecule has 2 aromatic carbocycles. The summed E-state index contributed by atoms with van der Waals surface area (Å²) in [6.45, 7) is 2.45. The van der Waals surface area contributed by atoms with Gasteiger partial charge in [-0.1, -0.05) is 48.5 Å². The largest absolute Gasteiger partial charge is 0.491 e. The van der Waals surface area contributed by atoms with Gasteiger partial charge in [0.15, 0.2) is 0 Å². The van der Waals surface area contributed by atoms with Crippen molar-refractivity contribution in [2.75, 3.05) is 12.9 Å². The molecular formula is C19H21NO2S. The van der Waals surface area contributed by atoms with Gasteiger partial charge in [0.05, 0.1) is 17.2 Å². The van der Waals surface area contributed by atoms with Crippen molar-refractivity contribution in [1.29, 1.82) is 0 Å². The maximum absolute atomic E-state index is 12.6. The number of hydrogen-bond acceptors (Lipinski definition) is 3. The number of carbonyl (C=O) groups is 1. The number of benzene rings is 2. The lowest BCUT2D eigenvalue weighted by Crippen LogP contribution is -2.46. The molecule has 0 bridgehead atoms. The first kappa shape index (κ1) is 15.9. The Hall–Kier alpha value is -1.94. The number of para-hydroxylation sites is 1. The zero-order chi connectivity index (χ0) is 16.2. The number of thioether (sulfide) groups is 1. The number of amides is 1. The molecule has 4 heteroatoms. The molecule has 0 saturated heterocycles. The van der Waals surface area contributed by atoms with Crippen LogP contribution < -0.4 is 10.1 Å². The first-order valence-electron chi connectivity index (χ1n) is 7.80. The Balaban J connectivity index is 1.74. The van der Waals surface area contributed by atoms with Crippen LogP contribution in [-0.4, -0.2) is 24.8 Å². The van der Waals surface area contributed by atoms with Gasteiger partial charge in [0.25, 0.3) is 0 Å². The van der Waals surface area contributed by atoms with Crippen molar-refractivity contribution < 1.29 is 9.53 Å². The van der Waals surface area contributed by atoms with E-state index in [1.807, 2.05) is 55.5 Å². The van der Waals surface area contributed by atoms with E-state index in [0.29, 0.717) is 6.61 Å². The van der Waals surface area contributed by atoms with Crippen LogP contribution in [0.5, 0.6) is 5.75 Å². The van der Waals surface area contributed by atoms with E-state index >= 15 is 0 Å². The van der Waals surface area contributed by atoms with Crippen LogP contribution >= 0.6 is 11.8 Å². The van der Waals surface area contributed by atoms with Crippen molar-refractivity contribution in [3.8, 4) is 5.75 Å². The molecule has 120 valence electrons. The Bertz CT molecular complexity index is 674. The van der Waals surface area contributed by atoms with E-state index in [9.17, 15) is 4.79 Å². The Kier molecular flexibility index (Phi) is 4.91. The van der Waals surface area contributed by atoms with Gasteiger partial charge in [0.2, 0.25) is 5.91 Å². The fourth-order valence-corrected chi connectivity index (χ4v) is 3.86. The van der Waals surface area contributed by atoms with Gasteiger partial charge in [-0.2, -0.15) is 11.8 Å². The molecule has 1 N–H and O–H groups in total. The van der Waals surface area contributed by atoms with Gasteiger partial charge in [0, 0.05) is 5.56 Å². The SMILES string of the molecule is CS[C@@H]1c2ccccc2OC[C@H]1NC(=O)C(C)c1ccccc1. The second-order valence-electron chi connectivity index (χ2n) is 5.75. The first-order valence-corrected chi connectivity index (χ1v) is 9.09. The zero-order valence-corrected chi connectivity index (χ0v) is 14.2. The van der Waals surface area contributed by atoms with E-state index in [1.165, 1.54) is 0 Å². The zero-order valence-electron chi connectivity index (χ0n) is 13.4. The number of carbonyl (C=O) groups excluding carboxylic acids is 1. The van der Waals surface area contributed by atoms with Crippen molar-refractivity contribution in [2.45, 2.75) is 24.1 Å². The molecule has 0 aliphatic carbocycles. The van der Waals surface area contributed by atoms with Gasteiger partial charge in [0.1, 0.15) is 12.4 Å². The summed E-state index contributed by atoms with van der Waals surface area (Å²) in [4.78, 5) is 12.6. The summed E-state index contributed by atoms with van der Waals surface area (Å²) in [6.07, 6.45) is 2.08. The third-order valence-electron chi connectivity index (χ3n) is 4.28. The van der Waals surface area contributed by atoms with Crippen molar-refractivity contribution in [3.05, 3.63) is 65.7 Å². The maximum atomic E-state index is 12.6. The Labute approximate surface area is 141 Å². The number of nitrogens with one attached hydrogen (secondary N) is 1. The van der Waals surface area contributed by atoms with Gasteiger partial charge >= 0.3 is 0 Å². The number of ether oxygens (including phenoxy) is 1. The fraction of sp³-hybridized carbons (Fsp3) is 0.316. The first-order chi connectivity index (χ1) is 11.2. The summed E-state index contributed by atoms with van der Waals surface area (Å²) in [5, 5.41) is 3.39. The van der Waals surface area contributed by atoms with Gasteiger partial charge in [-0.15, -0.1) is 0 Å². The van der Waals surface area contributed by atoms with E-state index in [-0.39, 0.29) is 23.1 Å². The van der Waals surface area contributed by atoms with Crippen molar-refractivity contribution >= 4 is 17.7 Å². The minimum absolute atomic E-state index is 0.0152. The van der Waals surface area contributed by atoms with Crippen molar-refractivity contribution in [3.63, 3.8) is 0 Å². The van der Waals surface area contributed by atoms with Gasteiger partial charge in [-0.3, -0.25) is 4.79 Å². The van der Waals surface area contributed by atoms with Crippen LogP contribution in [0.4, 0.5) is 0 Å². The van der Waals surface area contributed by atoms with Gasteiger partial charge in [-0.25, -0.2) is 0 Å². The van der Waals surface area contributed by atoms with Gasteiger partial charge < -0.3 is 10.1 Å². The average molecular weight is 327 g/mol.